The van der Waals surface area contributed by atoms with Gasteiger partial charge in [0, 0.05) is 30.9 Å². The van der Waals surface area contributed by atoms with E-state index in [0.29, 0.717) is 42.2 Å². The predicted octanol–water partition coefficient (Wildman–Crippen LogP) is 1.07. The molecular formula is C17H23N5O3. The van der Waals surface area contributed by atoms with Gasteiger partial charge in [0.2, 0.25) is 0 Å². The van der Waals surface area contributed by atoms with Crippen molar-refractivity contribution >= 4 is 17.6 Å². The van der Waals surface area contributed by atoms with Crippen LogP contribution in [-0.2, 0) is 7.05 Å². The molecule has 1 heterocycles. The number of carbonyl (C=O) groups excluding carboxylic acids is 2. The second-order valence-corrected chi connectivity index (χ2v) is 5.56. The van der Waals surface area contributed by atoms with E-state index in [1.54, 1.807) is 29.9 Å². The number of nitrogens with one attached hydrogen (secondary N) is 2. The Morgan fingerprint density at radius 3 is 2.64 bits per heavy atom. The van der Waals surface area contributed by atoms with Gasteiger partial charge >= 0.3 is 0 Å². The van der Waals surface area contributed by atoms with E-state index in [-0.39, 0.29) is 11.8 Å². The summed E-state index contributed by atoms with van der Waals surface area (Å²) in [5.41, 5.74) is 6.98. The lowest BCUT2D eigenvalue weighted by Gasteiger charge is -2.11. The third-order valence-corrected chi connectivity index (χ3v) is 3.73. The maximum Gasteiger partial charge on any atom is 0.256 e. The van der Waals surface area contributed by atoms with Crippen molar-refractivity contribution in [2.75, 3.05) is 25.5 Å². The molecule has 0 bridgehead atoms. The molecule has 1 aromatic heterocycles. The first kappa shape index (κ1) is 18.5. The fourth-order valence-electron chi connectivity index (χ4n) is 2.24. The lowest BCUT2D eigenvalue weighted by atomic mass is 10.1. The standard InChI is InChI=1S/C17H23N5O3/c1-11-9-15(21-22(11)2)20-16(23)12-5-6-14(25-3)13(10-12)17(24)19-8-4-7-18/h5-6,9-10H,4,7-8,18H2,1-3H3,(H,19,24)(H,20,21,23). The molecule has 0 saturated carbocycles. The molecule has 134 valence electrons. The topological polar surface area (TPSA) is 111 Å². The van der Waals surface area contributed by atoms with Gasteiger partial charge in [0.15, 0.2) is 5.82 Å². The molecule has 0 unspecified atom stereocenters. The van der Waals surface area contributed by atoms with E-state index < -0.39 is 0 Å². The molecule has 0 aliphatic heterocycles. The number of carbonyl (C=O) groups is 2. The second kappa shape index (κ2) is 8.29. The van der Waals surface area contributed by atoms with Gasteiger partial charge < -0.3 is 21.1 Å². The second-order valence-electron chi connectivity index (χ2n) is 5.56. The normalized spacial score (nSPS) is 10.4. The number of nitrogens with zero attached hydrogens (tertiary/aromatic N) is 2. The number of hydrogen-bond donors (Lipinski definition) is 3. The monoisotopic (exact) mass is 345 g/mol. The van der Waals surface area contributed by atoms with Crippen molar-refractivity contribution in [3.05, 3.63) is 41.1 Å². The zero-order valence-corrected chi connectivity index (χ0v) is 14.6. The van der Waals surface area contributed by atoms with Crippen molar-refractivity contribution < 1.29 is 14.3 Å². The molecule has 8 heteroatoms. The van der Waals surface area contributed by atoms with Gasteiger partial charge in [0.1, 0.15) is 5.75 Å². The number of rotatable bonds is 7. The maximum atomic E-state index is 12.4. The molecule has 2 aromatic rings. The summed E-state index contributed by atoms with van der Waals surface area (Å²) in [5.74, 6) is 0.190. The van der Waals surface area contributed by atoms with Gasteiger partial charge in [-0.2, -0.15) is 5.10 Å². The minimum absolute atomic E-state index is 0.296. The Kier molecular flexibility index (Phi) is 6.13. The summed E-state index contributed by atoms with van der Waals surface area (Å²) in [7, 11) is 3.27. The molecule has 25 heavy (non-hydrogen) atoms. The lowest BCUT2D eigenvalue weighted by Crippen LogP contribution is -2.26. The number of ether oxygens (including phenoxy) is 1. The van der Waals surface area contributed by atoms with E-state index in [2.05, 4.69) is 15.7 Å². The zero-order valence-electron chi connectivity index (χ0n) is 14.6. The summed E-state index contributed by atoms with van der Waals surface area (Å²) in [6.07, 6.45) is 0.674. The summed E-state index contributed by atoms with van der Waals surface area (Å²) in [6.45, 7) is 2.84. The van der Waals surface area contributed by atoms with E-state index in [9.17, 15) is 9.59 Å². The number of aryl methyl sites for hydroxylation is 2. The third-order valence-electron chi connectivity index (χ3n) is 3.73. The van der Waals surface area contributed by atoms with Crippen LogP contribution in [0.4, 0.5) is 5.82 Å². The number of anilines is 1. The lowest BCUT2D eigenvalue weighted by molar-refractivity contribution is 0.0950. The van der Waals surface area contributed by atoms with E-state index in [0.717, 1.165) is 5.69 Å². The van der Waals surface area contributed by atoms with Crippen molar-refractivity contribution in [3.63, 3.8) is 0 Å². The maximum absolute atomic E-state index is 12.4. The number of methoxy groups -OCH3 is 1. The summed E-state index contributed by atoms with van der Waals surface area (Å²) in [6, 6.07) is 6.46. The van der Waals surface area contributed by atoms with E-state index >= 15 is 0 Å². The summed E-state index contributed by atoms with van der Waals surface area (Å²) in [5, 5.41) is 9.66. The Morgan fingerprint density at radius 1 is 1.28 bits per heavy atom. The van der Waals surface area contributed by atoms with Crippen LogP contribution in [0.15, 0.2) is 24.3 Å². The van der Waals surface area contributed by atoms with Gasteiger partial charge in [0.25, 0.3) is 11.8 Å². The van der Waals surface area contributed by atoms with E-state index in [4.69, 9.17) is 10.5 Å². The van der Waals surface area contributed by atoms with Crippen molar-refractivity contribution in [1.82, 2.24) is 15.1 Å². The number of amides is 2. The minimum atomic E-state index is -0.350. The van der Waals surface area contributed by atoms with Gasteiger partial charge in [-0.3, -0.25) is 14.3 Å². The van der Waals surface area contributed by atoms with Crippen molar-refractivity contribution in [1.29, 1.82) is 0 Å². The van der Waals surface area contributed by atoms with Gasteiger partial charge in [0.05, 0.1) is 12.7 Å². The fraction of sp³-hybridized carbons (Fsp3) is 0.353. The highest BCUT2D eigenvalue weighted by Gasteiger charge is 2.16. The average Bonchev–Trinajstić information content (AvgIpc) is 2.91. The van der Waals surface area contributed by atoms with Crippen LogP contribution in [0.5, 0.6) is 5.75 Å². The Bertz CT molecular complexity index is 750. The molecule has 0 radical (unpaired) electrons. The predicted molar refractivity (Wildman–Crippen MR) is 94.9 cm³/mol. The van der Waals surface area contributed by atoms with Crippen LogP contribution in [0.25, 0.3) is 0 Å². The molecule has 2 amide bonds. The average molecular weight is 345 g/mol. The van der Waals surface area contributed by atoms with Crippen molar-refractivity contribution in [2.24, 2.45) is 12.8 Å². The van der Waals surface area contributed by atoms with Crippen molar-refractivity contribution in [3.8, 4) is 5.75 Å². The zero-order chi connectivity index (χ0) is 18.4. The summed E-state index contributed by atoms with van der Waals surface area (Å²) >= 11 is 0. The molecular weight excluding hydrogens is 322 g/mol. The van der Waals surface area contributed by atoms with Gasteiger partial charge in [-0.1, -0.05) is 0 Å². The summed E-state index contributed by atoms with van der Waals surface area (Å²) in [4.78, 5) is 24.7. The highest BCUT2D eigenvalue weighted by Crippen LogP contribution is 2.21. The SMILES string of the molecule is COc1ccc(C(=O)Nc2cc(C)n(C)n2)cc1C(=O)NCCCN. The van der Waals surface area contributed by atoms with Gasteiger partial charge in [-0.15, -0.1) is 0 Å². The minimum Gasteiger partial charge on any atom is -0.496 e. The fourth-order valence-corrected chi connectivity index (χ4v) is 2.24. The van der Waals surface area contributed by atoms with Crippen LogP contribution in [0, 0.1) is 6.92 Å². The first-order valence-electron chi connectivity index (χ1n) is 7.94. The van der Waals surface area contributed by atoms with E-state index in [1.807, 2.05) is 6.92 Å². The molecule has 0 saturated heterocycles. The van der Waals surface area contributed by atoms with Crippen LogP contribution in [-0.4, -0.2) is 41.8 Å². The molecule has 0 atom stereocenters. The highest BCUT2D eigenvalue weighted by atomic mass is 16.5. The molecule has 1 aromatic carbocycles. The quantitative estimate of drug-likeness (QED) is 0.650. The van der Waals surface area contributed by atoms with Gasteiger partial charge in [-0.05, 0) is 38.1 Å². The third kappa shape index (κ3) is 4.57. The Labute approximate surface area is 146 Å². The first-order chi connectivity index (χ1) is 12.0. The number of benzene rings is 1. The smallest absolute Gasteiger partial charge is 0.256 e. The molecule has 0 aliphatic carbocycles. The molecule has 8 nitrogen and oxygen atoms in total. The van der Waals surface area contributed by atoms with Crippen LogP contribution in [0.1, 0.15) is 32.8 Å². The summed E-state index contributed by atoms with van der Waals surface area (Å²) < 4.78 is 6.88. The molecule has 2 rings (SSSR count). The molecule has 0 spiro atoms. The molecule has 0 aliphatic rings. The van der Waals surface area contributed by atoms with Crippen molar-refractivity contribution in [2.45, 2.75) is 13.3 Å². The Hall–Kier alpha value is -2.87. The first-order valence-corrected chi connectivity index (χ1v) is 7.94. The largest absolute Gasteiger partial charge is 0.496 e. The number of aromatic nitrogens is 2. The highest BCUT2D eigenvalue weighted by molar-refractivity contribution is 6.06. The van der Waals surface area contributed by atoms with Crippen LogP contribution < -0.4 is 21.1 Å². The number of hydrogen-bond acceptors (Lipinski definition) is 5. The Balaban J connectivity index is 2.19. The molecule has 4 N–H and O–H groups in total. The van der Waals surface area contributed by atoms with Crippen LogP contribution >= 0.6 is 0 Å². The van der Waals surface area contributed by atoms with Crippen LogP contribution in [0.2, 0.25) is 0 Å². The number of nitrogens with two attached hydrogens (primary N) is 1. The van der Waals surface area contributed by atoms with Gasteiger partial charge in [-0.25, -0.2) is 0 Å². The van der Waals surface area contributed by atoms with Crippen LogP contribution in [0.3, 0.4) is 0 Å². The molecule has 0 fully saturated rings. The Morgan fingerprint density at radius 2 is 2.04 bits per heavy atom. The van der Waals surface area contributed by atoms with E-state index in [1.165, 1.54) is 13.2 Å².